The number of hydrogen-bond acceptors (Lipinski definition) is 7. The van der Waals surface area contributed by atoms with Crippen LogP contribution in [0.4, 0.5) is 11.4 Å². The fourth-order valence-electron chi connectivity index (χ4n) is 3.75. The van der Waals surface area contributed by atoms with Crippen LogP contribution in [-0.2, 0) is 33.2 Å². The molecule has 1 saturated heterocycles. The quantitative estimate of drug-likeness (QED) is 0.289. The Hall–Kier alpha value is -3.88. The summed E-state index contributed by atoms with van der Waals surface area (Å²) in [5.41, 5.74) is 1.43. The van der Waals surface area contributed by atoms with Crippen molar-refractivity contribution in [1.82, 2.24) is 10.2 Å². The smallest absolute Gasteiger partial charge is 0.326 e. The number of aryl methyl sites for hydroxylation is 2. The normalized spacial score (nSPS) is 16.0. The van der Waals surface area contributed by atoms with Gasteiger partial charge in [-0.3, -0.25) is 19.0 Å². The van der Waals surface area contributed by atoms with Crippen LogP contribution in [0.15, 0.2) is 62.7 Å². The van der Waals surface area contributed by atoms with Crippen molar-refractivity contribution >= 4 is 50.5 Å². The van der Waals surface area contributed by atoms with Crippen molar-refractivity contribution in [2.24, 2.45) is 12.2 Å². The van der Waals surface area contributed by atoms with Gasteiger partial charge in [-0.1, -0.05) is 22.4 Å². The summed E-state index contributed by atoms with van der Waals surface area (Å²) in [7, 11) is -2.30. The molecule has 36 heavy (non-hydrogen) atoms. The number of anilines is 2. The van der Waals surface area contributed by atoms with Crippen molar-refractivity contribution in [3.63, 3.8) is 0 Å². The predicted molar refractivity (Wildman–Crippen MR) is 132 cm³/mol. The lowest BCUT2D eigenvalue weighted by atomic mass is 10.1. The Morgan fingerprint density at radius 3 is 2.36 bits per heavy atom. The van der Waals surface area contributed by atoms with Crippen LogP contribution >= 0.6 is 12.2 Å². The topological polar surface area (TPSA) is 163 Å². The van der Waals surface area contributed by atoms with Gasteiger partial charge in [0.05, 0.1) is 17.0 Å². The van der Waals surface area contributed by atoms with E-state index in [0.29, 0.717) is 11.4 Å². The fourth-order valence-corrected chi connectivity index (χ4v) is 4.66. The molecule has 188 valence electrons. The summed E-state index contributed by atoms with van der Waals surface area (Å²) >= 11 is 5.60. The van der Waals surface area contributed by atoms with Gasteiger partial charge in [0.15, 0.2) is 12.2 Å². The number of carbonyl (C=O) groups is 2. The highest BCUT2D eigenvalue weighted by Gasteiger charge is 2.45. The van der Waals surface area contributed by atoms with Crippen LogP contribution in [0.5, 0.6) is 0 Å². The molecule has 1 atom stereocenters. The largest absolute Gasteiger partial charge is 0.431 e. The van der Waals surface area contributed by atoms with Crippen LogP contribution in [0.1, 0.15) is 17.7 Å². The van der Waals surface area contributed by atoms with E-state index in [1.165, 1.54) is 38.7 Å². The van der Waals surface area contributed by atoms with E-state index in [1.807, 2.05) is 19.1 Å². The second kappa shape index (κ2) is 9.64. The highest BCUT2D eigenvalue weighted by Crippen LogP contribution is 2.28. The first kappa shape index (κ1) is 25.2. The third-order valence-electron chi connectivity index (χ3n) is 5.69. The minimum Gasteiger partial charge on any atom is -0.326 e. The van der Waals surface area contributed by atoms with Crippen molar-refractivity contribution in [1.29, 1.82) is 0 Å². The number of nitrogens with one attached hydrogen (secondary N) is 2. The molecule has 0 bridgehead atoms. The van der Waals surface area contributed by atoms with Crippen LogP contribution in [-0.4, -0.2) is 41.6 Å². The van der Waals surface area contributed by atoms with Gasteiger partial charge in [-0.15, -0.1) is 0 Å². The Balaban J connectivity index is 1.60. The molecule has 0 saturated carbocycles. The third-order valence-corrected chi connectivity index (χ3v) is 7.04. The van der Waals surface area contributed by atoms with Gasteiger partial charge in [0.25, 0.3) is 5.91 Å². The highest BCUT2D eigenvalue weighted by atomic mass is 32.2. The first-order valence-electron chi connectivity index (χ1n) is 10.7. The summed E-state index contributed by atoms with van der Waals surface area (Å²) in [5, 5.41) is 10.3. The number of aromatic nitrogens is 2. The minimum atomic E-state index is -3.88. The number of H-pyrrole nitrogens is 1. The molecular formula is C22H23N6O6S2+. The summed E-state index contributed by atoms with van der Waals surface area (Å²) in [6.45, 7) is 1.84. The van der Waals surface area contributed by atoms with E-state index in [9.17, 15) is 22.8 Å². The Morgan fingerprint density at radius 1 is 1.17 bits per heavy atom. The van der Waals surface area contributed by atoms with E-state index in [2.05, 4.69) is 10.6 Å². The van der Waals surface area contributed by atoms with E-state index in [1.54, 1.807) is 19.2 Å². The molecule has 1 aliphatic heterocycles. The molecule has 2 heterocycles. The number of rotatable bonds is 7. The number of benzene rings is 2. The Labute approximate surface area is 211 Å². The summed E-state index contributed by atoms with van der Waals surface area (Å²) in [4.78, 5) is 41.2. The number of sulfonamides is 1. The predicted octanol–water partition coefficient (Wildman–Crippen LogP) is 0.279. The molecule has 12 nitrogen and oxygen atoms in total. The van der Waals surface area contributed by atoms with Crippen molar-refractivity contribution in [3.05, 3.63) is 70.2 Å². The molecule has 2 amide bonds. The molecule has 2 aromatic carbocycles. The molecule has 3 aromatic rings. The lowest BCUT2D eigenvalue weighted by Gasteiger charge is -2.21. The molecule has 1 unspecified atom stereocenters. The van der Waals surface area contributed by atoms with Gasteiger partial charge >= 0.3 is 11.3 Å². The first-order valence-corrected chi connectivity index (χ1v) is 12.6. The molecule has 4 N–H and O–H groups in total. The maximum Gasteiger partial charge on any atom is 0.431 e. The average Bonchev–Trinajstić information content (AvgIpc) is 3.25. The lowest BCUT2D eigenvalue weighted by molar-refractivity contribution is -0.746. The van der Waals surface area contributed by atoms with Crippen molar-refractivity contribution in [2.75, 3.05) is 10.2 Å². The molecule has 0 spiro atoms. The van der Waals surface area contributed by atoms with E-state index in [-0.39, 0.29) is 28.7 Å². The molecule has 4 rings (SSSR count). The molecule has 1 aromatic heterocycles. The Bertz CT molecular complexity index is 1490. The van der Waals surface area contributed by atoms with Crippen molar-refractivity contribution in [2.45, 2.75) is 30.8 Å². The van der Waals surface area contributed by atoms with Gasteiger partial charge in [-0.25, -0.2) is 18.4 Å². The van der Waals surface area contributed by atoms with Crippen LogP contribution in [0, 0.1) is 6.92 Å². The molecule has 1 fully saturated rings. The van der Waals surface area contributed by atoms with Crippen LogP contribution in [0.3, 0.4) is 0 Å². The van der Waals surface area contributed by atoms with Crippen LogP contribution in [0.2, 0.25) is 0 Å². The summed E-state index contributed by atoms with van der Waals surface area (Å²) in [5.74, 6) is -0.938. The zero-order chi connectivity index (χ0) is 26.2. The zero-order valence-electron chi connectivity index (χ0n) is 19.3. The number of amides is 2. The van der Waals surface area contributed by atoms with Crippen molar-refractivity contribution < 1.29 is 27.2 Å². The number of thiocarbonyl (C=S) groups is 1. The number of nitrogens with zero attached hydrogens (tertiary/aromatic N) is 3. The second-order valence-electron chi connectivity index (χ2n) is 8.24. The van der Waals surface area contributed by atoms with Gasteiger partial charge < -0.3 is 10.2 Å². The van der Waals surface area contributed by atoms with Crippen LogP contribution in [0.25, 0.3) is 0 Å². The summed E-state index contributed by atoms with van der Waals surface area (Å²) in [6.07, 6.45) is -0.280. The van der Waals surface area contributed by atoms with Gasteiger partial charge in [0.1, 0.15) is 12.6 Å². The molecule has 0 aliphatic carbocycles. The maximum atomic E-state index is 13.5. The molecule has 1 aliphatic rings. The average molecular weight is 532 g/mol. The SMILES string of the molecule is Cc1ccc(N2C(=O)C(CC(=O)Nc3ccc(S(N)(=O)=O)cc3)N(Cc3c(=O)o[nH][n+]3C)C2=S)cc1. The van der Waals surface area contributed by atoms with Gasteiger partial charge in [-0.05, 0) is 60.8 Å². The van der Waals surface area contributed by atoms with E-state index >= 15 is 0 Å². The van der Waals surface area contributed by atoms with Gasteiger partial charge in [-0.2, -0.15) is 0 Å². The standard InChI is InChI=1S/C22H22N6O6S2/c1-13-3-7-15(8-4-13)28-20(30)17(27(22(28)35)12-18-21(31)34-25-26(18)2)11-19(29)24-14-5-9-16(10-6-14)36(23,32)33/h3-10,17H,11-12H2,1-2H3,(H3-,23,24,25,29,31,32,33)/p+1. The second-order valence-corrected chi connectivity index (χ2v) is 10.2. The fraction of sp³-hybridized carbons (Fsp3) is 0.227. The molecule has 14 heteroatoms. The van der Waals surface area contributed by atoms with Crippen LogP contribution < -0.4 is 25.7 Å². The Morgan fingerprint density at radius 2 is 1.81 bits per heavy atom. The van der Waals surface area contributed by atoms with Crippen molar-refractivity contribution in [3.8, 4) is 0 Å². The molecule has 0 radical (unpaired) electrons. The van der Waals surface area contributed by atoms with Gasteiger partial charge in [0.2, 0.25) is 15.9 Å². The maximum absolute atomic E-state index is 13.5. The highest BCUT2D eigenvalue weighted by molar-refractivity contribution is 7.89. The minimum absolute atomic E-state index is 0.0731. The monoisotopic (exact) mass is 531 g/mol. The van der Waals surface area contributed by atoms with E-state index < -0.39 is 33.5 Å². The summed E-state index contributed by atoms with van der Waals surface area (Å²) in [6, 6.07) is 11.5. The Kier molecular flexibility index (Phi) is 6.75. The number of nitrogens with two attached hydrogens (primary N) is 1. The number of carbonyl (C=O) groups excluding carboxylic acids is 2. The van der Waals surface area contributed by atoms with E-state index in [0.717, 1.165) is 5.56 Å². The first-order chi connectivity index (χ1) is 17.0. The number of aromatic amines is 1. The number of primary sulfonamides is 1. The third kappa shape index (κ3) is 5.05. The summed E-state index contributed by atoms with van der Waals surface area (Å²) < 4.78 is 29.1. The lowest BCUT2D eigenvalue weighted by Crippen LogP contribution is -2.44. The van der Waals surface area contributed by atoms with E-state index in [4.69, 9.17) is 21.9 Å². The van der Waals surface area contributed by atoms with Gasteiger partial charge in [0, 0.05) is 5.69 Å². The zero-order valence-corrected chi connectivity index (χ0v) is 20.9. The number of hydrogen-bond donors (Lipinski definition) is 3. The molecular weight excluding hydrogens is 508 g/mol.